The molecule has 3 nitrogen and oxygen atoms in total. The van der Waals surface area contributed by atoms with E-state index in [0.717, 1.165) is 12.1 Å². The number of carbonyl (C=O) groups excluding carboxylic acids is 1. The van der Waals surface area contributed by atoms with Crippen molar-refractivity contribution < 1.29 is 13.7 Å². The summed E-state index contributed by atoms with van der Waals surface area (Å²) in [6, 6.07) is 2.23. The van der Waals surface area contributed by atoms with E-state index in [4.69, 9.17) is 0 Å². The highest BCUT2D eigenvalue weighted by atomic mass is 79.9. The van der Waals surface area contributed by atoms with Gasteiger partial charge in [-0.25, -0.2) is 4.39 Å². The van der Waals surface area contributed by atoms with Crippen LogP contribution in [0.1, 0.15) is 15.9 Å². The molecule has 0 saturated heterocycles. The molecular formula is C11H7BrF2N2O. The van der Waals surface area contributed by atoms with E-state index < -0.39 is 5.82 Å². The summed E-state index contributed by atoms with van der Waals surface area (Å²) < 4.78 is 27.4. The predicted molar refractivity (Wildman–Crippen MR) is 62.1 cm³/mol. The molecule has 17 heavy (non-hydrogen) atoms. The molecular weight excluding hydrogens is 294 g/mol. The first kappa shape index (κ1) is 10.7. The van der Waals surface area contributed by atoms with Crippen LogP contribution in [0.15, 0.2) is 16.7 Å². The van der Waals surface area contributed by atoms with E-state index in [1.165, 1.54) is 0 Å². The molecule has 0 fully saturated rings. The number of rotatable bonds is 0. The van der Waals surface area contributed by atoms with Gasteiger partial charge >= 0.3 is 0 Å². The number of carbonyl (C=O) groups is 1. The number of benzene rings is 1. The van der Waals surface area contributed by atoms with Gasteiger partial charge in [-0.15, -0.1) is 0 Å². The van der Waals surface area contributed by atoms with Gasteiger partial charge in [-0.05, 0) is 34.0 Å². The average Bonchev–Trinajstić information content (AvgIpc) is 2.47. The van der Waals surface area contributed by atoms with Crippen LogP contribution >= 0.6 is 15.9 Å². The van der Waals surface area contributed by atoms with E-state index in [1.54, 1.807) is 0 Å². The summed E-state index contributed by atoms with van der Waals surface area (Å²) in [5.41, 5.74) is 0.958. The number of nitrogens with one attached hydrogen (secondary N) is 1. The first-order valence-electron chi connectivity index (χ1n) is 5.06. The van der Waals surface area contributed by atoms with E-state index in [2.05, 4.69) is 21.2 Å². The summed E-state index contributed by atoms with van der Waals surface area (Å²) in [6.45, 7) is 0.410. The fourth-order valence-corrected chi connectivity index (χ4v) is 2.78. The highest BCUT2D eigenvalue weighted by molar-refractivity contribution is 9.10. The second-order valence-corrected chi connectivity index (χ2v) is 4.65. The molecule has 0 spiro atoms. The average molecular weight is 301 g/mol. The third-order valence-corrected chi connectivity index (χ3v) is 3.71. The van der Waals surface area contributed by atoms with Crippen molar-refractivity contribution in [3.05, 3.63) is 33.7 Å². The molecule has 0 aliphatic carbocycles. The van der Waals surface area contributed by atoms with Crippen molar-refractivity contribution in [2.75, 3.05) is 6.54 Å². The predicted octanol–water partition coefficient (Wildman–Crippen LogP) is 2.56. The third kappa shape index (κ3) is 1.40. The molecule has 6 heteroatoms. The zero-order chi connectivity index (χ0) is 12.2. The van der Waals surface area contributed by atoms with Gasteiger partial charge in [-0.3, -0.25) is 4.79 Å². The van der Waals surface area contributed by atoms with Crippen molar-refractivity contribution in [3.63, 3.8) is 0 Å². The molecule has 1 N–H and O–H groups in total. The summed E-state index contributed by atoms with van der Waals surface area (Å²) in [5, 5.41) is 3.14. The molecule has 1 amide bonds. The summed E-state index contributed by atoms with van der Waals surface area (Å²) >= 11 is 3.13. The minimum atomic E-state index is -0.625. The van der Waals surface area contributed by atoms with Crippen LogP contribution in [0.3, 0.4) is 0 Å². The van der Waals surface area contributed by atoms with Crippen LogP contribution in [-0.4, -0.2) is 17.2 Å². The van der Waals surface area contributed by atoms with Gasteiger partial charge in [-0.1, -0.05) is 4.48 Å². The normalized spacial score (nSPS) is 14.9. The molecule has 0 unspecified atom stereocenters. The highest BCUT2D eigenvalue weighted by Crippen LogP contribution is 2.34. The van der Waals surface area contributed by atoms with Crippen LogP contribution in [0.2, 0.25) is 0 Å². The quantitative estimate of drug-likeness (QED) is 0.797. The Morgan fingerprint density at radius 3 is 2.94 bits per heavy atom. The smallest absolute Gasteiger partial charge is 0.252 e. The fraction of sp³-hybridized carbons (Fsp3) is 0.182. The number of halogens is 3. The minimum absolute atomic E-state index is 0.0823. The molecule has 0 atom stereocenters. The van der Waals surface area contributed by atoms with Gasteiger partial charge in [-0.2, -0.15) is 4.79 Å². The van der Waals surface area contributed by atoms with E-state index >= 15 is 0 Å². The van der Waals surface area contributed by atoms with Gasteiger partial charge in [0, 0.05) is 18.0 Å². The Hall–Kier alpha value is -1.43. The number of nitrogens with zero attached hydrogens (tertiary/aromatic N) is 1. The van der Waals surface area contributed by atoms with Gasteiger partial charge in [0.2, 0.25) is 0 Å². The van der Waals surface area contributed by atoms with Crippen molar-refractivity contribution in [1.29, 1.82) is 0 Å². The molecule has 1 aromatic heterocycles. The van der Waals surface area contributed by atoms with E-state index in [9.17, 15) is 13.7 Å². The largest absolute Gasteiger partial charge is 0.352 e. The van der Waals surface area contributed by atoms with E-state index in [0.29, 0.717) is 28.7 Å². The maximum absolute atomic E-state index is 13.8. The molecule has 1 aliphatic rings. The van der Waals surface area contributed by atoms with E-state index in [-0.39, 0.29) is 21.6 Å². The molecule has 0 radical (unpaired) electrons. The van der Waals surface area contributed by atoms with Crippen LogP contribution in [0.4, 0.5) is 8.87 Å². The first-order chi connectivity index (χ1) is 8.09. The lowest BCUT2D eigenvalue weighted by molar-refractivity contribution is 0.0957. The third-order valence-electron chi connectivity index (χ3n) is 2.92. The number of amides is 1. The molecule has 2 aromatic rings. The molecule has 0 saturated carbocycles. The van der Waals surface area contributed by atoms with Crippen molar-refractivity contribution in [1.82, 2.24) is 10.1 Å². The summed E-state index contributed by atoms with van der Waals surface area (Å²) in [4.78, 5) is 12.1. The maximum Gasteiger partial charge on any atom is 0.252 e. The Labute approximate surface area is 103 Å². The monoisotopic (exact) mass is 300 g/mol. The topological polar surface area (TPSA) is 34.0 Å². The van der Waals surface area contributed by atoms with Crippen LogP contribution in [0.5, 0.6) is 0 Å². The van der Waals surface area contributed by atoms with E-state index in [1.807, 2.05) is 0 Å². The lowest BCUT2D eigenvalue weighted by Gasteiger charge is -2.02. The Kier molecular flexibility index (Phi) is 2.22. The lowest BCUT2D eigenvalue weighted by Crippen LogP contribution is -2.23. The number of hydrogen-bond acceptors (Lipinski definition) is 1. The zero-order valence-corrected chi connectivity index (χ0v) is 10.1. The zero-order valence-electron chi connectivity index (χ0n) is 8.56. The Bertz CT molecular complexity index is 651. The van der Waals surface area contributed by atoms with Crippen molar-refractivity contribution in [2.24, 2.45) is 0 Å². The van der Waals surface area contributed by atoms with Gasteiger partial charge in [0.25, 0.3) is 5.91 Å². The standard InChI is InChI=1S/C11H7BrF2N2O/c12-10-6-1-2-15-11(17)7-3-5(13)4-8(9(6)7)16(10)14/h3-4H,1-2H2,(H,15,17). The Morgan fingerprint density at radius 2 is 2.18 bits per heavy atom. The van der Waals surface area contributed by atoms with Crippen molar-refractivity contribution >= 4 is 32.7 Å². The molecule has 1 aromatic carbocycles. The minimum Gasteiger partial charge on any atom is -0.352 e. The lowest BCUT2D eigenvalue weighted by atomic mass is 10.1. The SMILES string of the molecule is O=C1NCCc2c(Br)n(F)c3cc(F)cc1c23. The summed E-state index contributed by atoms with van der Waals surface area (Å²) in [6.07, 6.45) is 0.512. The van der Waals surface area contributed by atoms with Crippen molar-refractivity contribution in [2.45, 2.75) is 6.42 Å². The van der Waals surface area contributed by atoms with Crippen LogP contribution in [-0.2, 0) is 6.42 Å². The fourth-order valence-electron chi connectivity index (χ4n) is 2.20. The van der Waals surface area contributed by atoms with Gasteiger partial charge in [0.05, 0.1) is 11.1 Å². The number of hydrogen-bond donors (Lipinski definition) is 1. The number of aromatic nitrogens is 1. The second kappa shape index (κ2) is 3.53. The molecule has 1 aliphatic heterocycles. The summed E-state index contributed by atoms with van der Waals surface area (Å²) in [7, 11) is 0. The van der Waals surface area contributed by atoms with Crippen molar-refractivity contribution in [3.8, 4) is 0 Å². The van der Waals surface area contributed by atoms with Gasteiger partial charge in [0.1, 0.15) is 10.4 Å². The molecule has 88 valence electrons. The second-order valence-electron chi connectivity index (χ2n) is 3.90. The molecule has 0 bridgehead atoms. The van der Waals surface area contributed by atoms with Crippen LogP contribution < -0.4 is 5.32 Å². The van der Waals surface area contributed by atoms with Crippen LogP contribution in [0.25, 0.3) is 10.9 Å². The van der Waals surface area contributed by atoms with Gasteiger partial charge in [0.15, 0.2) is 0 Å². The molecule has 2 heterocycles. The Balaban J connectivity index is 2.52. The first-order valence-corrected chi connectivity index (χ1v) is 5.85. The highest BCUT2D eigenvalue weighted by Gasteiger charge is 2.24. The summed E-state index contributed by atoms with van der Waals surface area (Å²) in [5.74, 6) is -0.994. The molecule has 3 rings (SSSR count). The van der Waals surface area contributed by atoms with Gasteiger partial charge < -0.3 is 5.32 Å². The Morgan fingerprint density at radius 1 is 1.41 bits per heavy atom. The van der Waals surface area contributed by atoms with Crippen LogP contribution in [0, 0.1) is 5.82 Å². The maximum atomic E-state index is 13.8.